The highest BCUT2D eigenvalue weighted by atomic mass is 16.5. The first-order valence-electron chi connectivity index (χ1n) is 7.66. The minimum absolute atomic E-state index is 0.263. The van der Waals surface area contributed by atoms with Crippen LogP contribution in [0.5, 0.6) is 0 Å². The van der Waals surface area contributed by atoms with E-state index in [1.807, 2.05) is 7.05 Å². The van der Waals surface area contributed by atoms with Gasteiger partial charge in [-0.3, -0.25) is 9.89 Å². The van der Waals surface area contributed by atoms with Crippen LogP contribution in [-0.2, 0) is 4.74 Å². The van der Waals surface area contributed by atoms with Crippen LogP contribution in [0, 0.1) is 5.41 Å². The van der Waals surface area contributed by atoms with Gasteiger partial charge in [-0.1, -0.05) is 6.92 Å². The van der Waals surface area contributed by atoms with E-state index in [2.05, 4.69) is 55.1 Å². The average Bonchev–Trinajstić information content (AvgIpc) is 2.34. The van der Waals surface area contributed by atoms with Crippen LogP contribution in [-0.4, -0.2) is 62.8 Å². The summed E-state index contributed by atoms with van der Waals surface area (Å²) in [5.74, 6) is 0.880. The quantitative estimate of drug-likeness (QED) is 0.547. The number of guanidine groups is 1. The topological polar surface area (TPSA) is 48.9 Å². The smallest absolute Gasteiger partial charge is 0.191 e. The lowest BCUT2D eigenvalue weighted by Crippen LogP contribution is -2.52. The van der Waals surface area contributed by atoms with E-state index in [0.29, 0.717) is 12.1 Å². The van der Waals surface area contributed by atoms with Crippen molar-refractivity contribution in [1.29, 1.82) is 0 Å². The van der Waals surface area contributed by atoms with Crippen LogP contribution >= 0.6 is 0 Å². The highest BCUT2D eigenvalue weighted by Crippen LogP contribution is 2.24. The molecule has 1 aliphatic heterocycles. The maximum Gasteiger partial charge on any atom is 0.191 e. The van der Waals surface area contributed by atoms with Gasteiger partial charge in [0, 0.05) is 44.2 Å². The maximum atomic E-state index is 5.26. The minimum Gasteiger partial charge on any atom is -0.380 e. The molecule has 1 rings (SSSR count). The zero-order chi connectivity index (χ0) is 15.2. The molecule has 1 fully saturated rings. The molecule has 0 aromatic carbocycles. The zero-order valence-electron chi connectivity index (χ0n) is 14.0. The van der Waals surface area contributed by atoms with Gasteiger partial charge < -0.3 is 15.4 Å². The second kappa shape index (κ2) is 7.84. The third-order valence-electron chi connectivity index (χ3n) is 3.80. The van der Waals surface area contributed by atoms with E-state index < -0.39 is 0 Å². The molecule has 0 amide bonds. The molecule has 0 saturated carbocycles. The lowest BCUT2D eigenvalue weighted by molar-refractivity contribution is -0.0971. The van der Waals surface area contributed by atoms with Crippen LogP contribution in [0.2, 0.25) is 0 Å². The molecule has 0 aromatic heterocycles. The van der Waals surface area contributed by atoms with Crippen LogP contribution in [0.1, 0.15) is 34.6 Å². The van der Waals surface area contributed by atoms with Gasteiger partial charge in [0.05, 0.1) is 13.2 Å². The van der Waals surface area contributed by atoms with Gasteiger partial charge >= 0.3 is 0 Å². The van der Waals surface area contributed by atoms with E-state index in [9.17, 15) is 0 Å². The monoisotopic (exact) mass is 284 g/mol. The Morgan fingerprint density at radius 3 is 2.20 bits per heavy atom. The summed E-state index contributed by atoms with van der Waals surface area (Å²) < 4.78 is 5.26. The Kier molecular flexibility index (Phi) is 6.76. The summed E-state index contributed by atoms with van der Waals surface area (Å²) in [7, 11) is 1.82. The fourth-order valence-electron chi connectivity index (χ4n) is 2.49. The van der Waals surface area contributed by atoms with E-state index >= 15 is 0 Å². The van der Waals surface area contributed by atoms with Gasteiger partial charge in [0.15, 0.2) is 5.96 Å². The van der Waals surface area contributed by atoms with Crippen LogP contribution in [0.4, 0.5) is 0 Å². The predicted octanol–water partition coefficient (Wildman–Crippen LogP) is 1.31. The van der Waals surface area contributed by atoms with Crippen molar-refractivity contribution in [3.8, 4) is 0 Å². The van der Waals surface area contributed by atoms with Crippen molar-refractivity contribution in [3.05, 3.63) is 0 Å². The molecule has 118 valence electrons. The molecule has 0 unspecified atom stereocenters. The number of rotatable bonds is 7. The van der Waals surface area contributed by atoms with E-state index in [-0.39, 0.29) is 5.41 Å². The standard InChI is InChI=1S/C15H32N4O/c1-12(2)19(13(3)4)8-7-17-14(16-6)18-9-15(5)10-20-11-15/h12-13H,7-11H2,1-6H3,(H2,16,17,18). The van der Waals surface area contributed by atoms with Crippen molar-refractivity contribution >= 4 is 5.96 Å². The van der Waals surface area contributed by atoms with E-state index in [1.165, 1.54) is 0 Å². The molecule has 1 aliphatic rings. The van der Waals surface area contributed by atoms with Gasteiger partial charge in [-0.15, -0.1) is 0 Å². The molecule has 0 atom stereocenters. The molecule has 0 aliphatic carbocycles. The fourth-order valence-corrected chi connectivity index (χ4v) is 2.49. The van der Waals surface area contributed by atoms with Crippen LogP contribution < -0.4 is 10.6 Å². The first-order valence-corrected chi connectivity index (χ1v) is 7.66. The van der Waals surface area contributed by atoms with Crippen LogP contribution in [0.15, 0.2) is 4.99 Å². The Morgan fingerprint density at radius 1 is 1.20 bits per heavy atom. The van der Waals surface area contributed by atoms with Crippen molar-refractivity contribution in [3.63, 3.8) is 0 Å². The molecule has 0 bridgehead atoms. The minimum atomic E-state index is 0.263. The third-order valence-corrected chi connectivity index (χ3v) is 3.80. The average molecular weight is 284 g/mol. The highest BCUT2D eigenvalue weighted by Gasteiger charge is 2.33. The SMILES string of the molecule is CN=C(NCCN(C(C)C)C(C)C)NCC1(C)COC1. The summed E-state index contributed by atoms with van der Waals surface area (Å²) in [6.07, 6.45) is 0. The third kappa shape index (κ3) is 5.29. The normalized spacial score (nSPS) is 18.6. The van der Waals surface area contributed by atoms with Crippen molar-refractivity contribution in [1.82, 2.24) is 15.5 Å². The molecule has 1 heterocycles. The number of aliphatic imine (C=N–C) groups is 1. The maximum absolute atomic E-state index is 5.26. The molecule has 5 nitrogen and oxygen atoms in total. The number of nitrogens with zero attached hydrogens (tertiary/aromatic N) is 2. The summed E-state index contributed by atoms with van der Waals surface area (Å²) >= 11 is 0. The number of nitrogens with one attached hydrogen (secondary N) is 2. The van der Waals surface area contributed by atoms with Gasteiger partial charge in [-0.05, 0) is 27.7 Å². The van der Waals surface area contributed by atoms with Gasteiger partial charge in [-0.2, -0.15) is 0 Å². The first-order chi connectivity index (χ1) is 9.38. The lowest BCUT2D eigenvalue weighted by Gasteiger charge is -2.38. The molecule has 0 spiro atoms. The summed E-state index contributed by atoms with van der Waals surface area (Å²) in [6.45, 7) is 15.7. The molecular formula is C15H32N4O. The van der Waals surface area contributed by atoms with Gasteiger partial charge in [0.1, 0.15) is 0 Å². The van der Waals surface area contributed by atoms with Crippen molar-refractivity contribution in [2.24, 2.45) is 10.4 Å². The lowest BCUT2D eigenvalue weighted by atomic mass is 9.89. The summed E-state index contributed by atoms with van der Waals surface area (Å²) in [4.78, 5) is 6.74. The first kappa shape index (κ1) is 17.2. The second-order valence-corrected chi connectivity index (χ2v) is 6.58. The summed E-state index contributed by atoms with van der Waals surface area (Å²) in [5.41, 5.74) is 0.263. The molecule has 1 saturated heterocycles. The largest absolute Gasteiger partial charge is 0.380 e. The second-order valence-electron chi connectivity index (χ2n) is 6.58. The molecule has 0 radical (unpaired) electrons. The number of hydrogen-bond donors (Lipinski definition) is 2. The number of hydrogen-bond acceptors (Lipinski definition) is 3. The Hall–Kier alpha value is -0.810. The fraction of sp³-hybridized carbons (Fsp3) is 0.933. The predicted molar refractivity (Wildman–Crippen MR) is 85.3 cm³/mol. The number of ether oxygens (including phenoxy) is 1. The summed E-state index contributed by atoms with van der Waals surface area (Å²) in [5, 5.41) is 6.77. The van der Waals surface area contributed by atoms with E-state index in [1.54, 1.807) is 0 Å². The van der Waals surface area contributed by atoms with Gasteiger partial charge in [0.2, 0.25) is 0 Å². The van der Waals surface area contributed by atoms with Crippen molar-refractivity contribution in [2.75, 3.05) is 39.9 Å². The highest BCUT2D eigenvalue weighted by molar-refractivity contribution is 5.79. The molecule has 20 heavy (non-hydrogen) atoms. The Labute approximate surface area is 124 Å². The van der Waals surface area contributed by atoms with E-state index in [0.717, 1.165) is 38.8 Å². The van der Waals surface area contributed by atoms with Gasteiger partial charge in [-0.25, -0.2) is 0 Å². The summed E-state index contributed by atoms with van der Waals surface area (Å²) in [6, 6.07) is 1.13. The zero-order valence-corrected chi connectivity index (χ0v) is 14.0. The van der Waals surface area contributed by atoms with E-state index in [4.69, 9.17) is 4.74 Å². The van der Waals surface area contributed by atoms with Gasteiger partial charge in [0.25, 0.3) is 0 Å². The Bertz CT molecular complexity index is 303. The van der Waals surface area contributed by atoms with Crippen LogP contribution in [0.3, 0.4) is 0 Å². The molecule has 2 N–H and O–H groups in total. The van der Waals surface area contributed by atoms with Crippen molar-refractivity contribution < 1.29 is 4.74 Å². The Balaban J connectivity index is 2.27. The van der Waals surface area contributed by atoms with Crippen LogP contribution in [0.25, 0.3) is 0 Å². The molecule has 5 heteroatoms. The van der Waals surface area contributed by atoms with Crippen molar-refractivity contribution in [2.45, 2.75) is 46.7 Å². The Morgan fingerprint density at radius 2 is 1.80 bits per heavy atom. The molecule has 0 aromatic rings. The molecular weight excluding hydrogens is 252 g/mol.